The second kappa shape index (κ2) is 7.17. The molecule has 1 aromatic carbocycles. The maximum Gasteiger partial charge on any atom is 0.328 e. The van der Waals surface area contributed by atoms with Crippen LogP contribution in [0.4, 0.5) is 0 Å². The number of hydrogen-bond donors (Lipinski definition) is 1. The van der Waals surface area contributed by atoms with Crippen LogP contribution >= 0.6 is 23.1 Å². The van der Waals surface area contributed by atoms with Crippen molar-refractivity contribution in [1.82, 2.24) is 0 Å². The van der Waals surface area contributed by atoms with E-state index in [1.165, 1.54) is 0 Å². The molecule has 0 aliphatic carbocycles. The molecule has 104 valence electrons. The van der Waals surface area contributed by atoms with Crippen LogP contribution in [0.1, 0.15) is 10.4 Å². The number of ether oxygens (including phenoxy) is 1. The molecule has 0 aliphatic rings. The number of thiophene rings is 1. The van der Waals surface area contributed by atoms with Crippen molar-refractivity contribution in [3.05, 3.63) is 52.2 Å². The van der Waals surface area contributed by atoms with Gasteiger partial charge in [-0.1, -0.05) is 12.1 Å². The first-order valence-corrected chi connectivity index (χ1v) is 8.03. The number of carboxylic acid groups (broad SMARTS) is 1. The number of aliphatic carboxylic acids is 1. The largest absolute Gasteiger partial charge is 0.487 e. The lowest BCUT2D eigenvalue weighted by Crippen LogP contribution is -1.94. The lowest BCUT2D eigenvalue weighted by atomic mass is 10.3. The number of para-hydroxylation sites is 1. The van der Waals surface area contributed by atoms with Gasteiger partial charge in [0.2, 0.25) is 0 Å². The summed E-state index contributed by atoms with van der Waals surface area (Å²) in [5, 5.41) is 10.5. The van der Waals surface area contributed by atoms with E-state index in [1.807, 2.05) is 42.0 Å². The van der Waals surface area contributed by atoms with Crippen molar-refractivity contribution in [2.45, 2.75) is 11.5 Å². The van der Waals surface area contributed by atoms with E-state index in [-0.39, 0.29) is 0 Å². The Labute approximate surface area is 125 Å². The number of thioether (sulfide) groups is 1. The Morgan fingerprint density at radius 1 is 1.45 bits per heavy atom. The maximum absolute atomic E-state index is 10.5. The summed E-state index contributed by atoms with van der Waals surface area (Å²) in [6.07, 6.45) is 4.73. The van der Waals surface area contributed by atoms with Crippen molar-refractivity contribution in [2.75, 3.05) is 6.26 Å². The standard InChI is InChI=1S/C15H14O3S2/c1-19-14-5-3-2-4-13(14)18-9-12-8-11(10-20-12)6-7-15(16)17/h2-8,10H,9H2,1H3,(H,16,17). The van der Waals surface area contributed by atoms with Crippen molar-refractivity contribution in [2.24, 2.45) is 0 Å². The van der Waals surface area contributed by atoms with Crippen LogP contribution in [0.5, 0.6) is 5.75 Å². The van der Waals surface area contributed by atoms with Crippen LogP contribution in [0.15, 0.2) is 46.7 Å². The molecule has 2 rings (SSSR count). The van der Waals surface area contributed by atoms with Crippen molar-refractivity contribution in [3.8, 4) is 5.75 Å². The number of carbonyl (C=O) groups is 1. The van der Waals surface area contributed by atoms with Gasteiger partial charge in [-0.15, -0.1) is 23.1 Å². The fourth-order valence-corrected chi connectivity index (χ4v) is 2.92. The van der Waals surface area contributed by atoms with E-state index in [1.54, 1.807) is 29.2 Å². The summed E-state index contributed by atoms with van der Waals surface area (Å²) >= 11 is 3.21. The number of carboxylic acids is 1. The molecule has 0 aliphatic heterocycles. The summed E-state index contributed by atoms with van der Waals surface area (Å²) < 4.78 is 5.80. The molecule has 0 spiro atoms. The molecule has 0 saturated heterocycles. The van der Waals surface area contributed by atoms with Crippen LogP contribution < -0.4 is 4.74 Å². The molecule has 0 radical (unpaired) electrons. The van der Waals surface area contributed by atoms with Crippen molar-refractivity contribution in [3.63, 3.8) is 0 Å². The van der Waals surface area contributed by atoms with E-state index >= 15 is 0 Å². The summed E-state index contributed by atoms with van der Waals surface area (Å²) in [5.41, 5.74) is 0.883. The second-order valence-corrected chi connectivity index (χ2v) is 5.80. The highest BCUT2D eigenvalue weighted by molar-refractivity contribution is 7.98. The average Bonchev–Trinajstić information content (AvgIpc) is 2.91. The van der Waals surface area contributed by atoms with Gasteiger partial charge in [0.15, 0.2) is 0 Å². The highest BCUT2D eigenvalue weighted by Gasteiger charge is 2.03. The van der Waals surface area contributed by atoms with Crippen molar-refractivity contribution < 1.29 is 14.6 Å². The van der Waals surface area contributed by atoms with Gasteiger partial charge in [-0.2, -0.15) is 0 Å². The molecule has 1 N–H and O–H groups in total. The molecule has 0 bridgehead atoms. The number of benzene rings is 1. The van der Waals surface area contributed by atoms with E-state index < -0.39 is 5.97 Å². The van der Waals surface area contributed by atoms with Gasteiger partial charge >= 0.3 is 5.97 Å². The molecule has 0 amide bonds. The predicted molar refractivity (Wildman–Crippen MR) is 83.5 cm³/mol. The van der Waals surface area contributed by atoms with Gasteiger partial charge in [0, 0.05) is 15.8 Å². The first kappa shape index (κ1) is 14.7. The Morgan fingerprint density at radius 2 is 2.25 bits per heavy atom. The third-order valence-electron chi connectivity index (χ3n) is 2.53. The van der Waals surface area contributed by atoms with Crippen LogP contribution in [0.2, 0.25) is 0 Å². The third-order valence-corrected chi connectivity index (χ3v) is 4.24. The molecule has 0 fully saturated rings. The van der Waals surface area contributed by atoms with Gasteiger partial charge in [-0.25, -0.2) is 4.79 Å². The number of rotatable bonds is 6. The summed E-state index contributed by atoms with van der Waals surface area (Å²) in [7, 11) is 0. The Balaban J connectivity index is 1.99. The summed E-state index contributed by atoms with van der Waals surface area (Å²) in [5.74, 6) is -0.0704. The Morgan fingerprint density at radius 3 is 3.00 bits per heavy atom. The Kier molecular flexibility index (Phi) is 5.26. The summed E-state index contributed by atoms with van der Waals surface area (Å²) in [4.78, 5) is 12.6. The zero-order valence-corrected chi connectivity index (χ0v) is 12.5. The molecule has 0 unspecified atom stereocenters. The van der Waals surface area contributed by atoms with Gasteiger partial charge in [0.1, 0.15) is 12.4 Å². The minimum Gasteiger partial charge on any atom is -0.487 e. The molecular formula is C15H14O3S2. The fraction of sp³-hybridized carbons (Fsp3) is 0.133. The van der Waals surface area contributed by atoms with Gasteiger partial charge < -0.3 is 9.84 Å². The summed E-state index contributed by atoms with van der Waals surface area (Å²) in [6, 6.07) is 9.84. The molecule has 0 saturated carbocycles. The maximum atomic E-state index is 10.5. The smallest absolute Gasteiger partial charge is 0.328 e. The Bertz CT molecular complexity index is 617. The van der Waals surface area contributed by atoms with Gasteiger partial charge in [-0.3, -0.25) is 0 Å². The quantitative estimate of drug-likeness (QED) is 0.643. The normalized spacial score (nSPS) is 10.8. The monoisotopic (exact) mass is 306 g/mol. The average molecular weight is 306 g/mol. The van der Waals surface area contributed by atoms with Crippen LogP contribution in [-0.4, -0.2) is 17.3 Å². The van der Waals surface area contributed by atoms with Crippen LogP contribution in [0.3, 0.4) is 0 Å². The zero-order valence-electron chi connectivity index (χ0n) is 10.9. The molecule has 2 aromatic rings. The van der Waals surface area contributed by atoms with Crippen molar-refractivity contribution >= 4 is 35.1 Å². The fourth-order valence-electron chi connectivity index (χ4n) is 1.62. The molecule has 5 heteroatoms. The van der Waals surface area contributed by atoms with Crippen molar-refractivity contribution in [1.29, 1.82) is 0 Å². The van der Waals surface area contributed by atoms with Crippen LogP contribution in [-0.2, 0) is 11.4 Å². The minimum absolute atomic E-state index is 0.489. The SMILES string of the molecule is CSc1ccccc1OCc1cc(C=CC(=O)O)cs1. The third kappa shape index (κ3) is 4.15. The van der Waals surface area contributed by atoms with E-state index in [4.69, 9.17) is 9.84 Å². The molecule has 0 atom stereocenters. The topological polar surface area (TPSA) is 46.5 Å². The Hall–Kier alpha value is -1.72. The summed E-state index contributed by atoms with van der Waals surface area (Å²) in [6.45, 7) is 0.489. The lowest BCUT2D eigenvalue weighted by molar-refractivity contribution is -0.131. The van der Waals surface area contributed by atoms with Gasteiger partial charge in [0.25, 0.3) is 0 Å². The first-order valence-electron chi connectivity index (χ1n) is 5.93. The van der Waals surface area contributed by atoms with Crippen LogP contribution in [0, 0.1) is 0 Å². The number of hydrogen-bond acceptors (Lipinski definition) is 4. The highest BCUT2D eigenvalue weighted by Crippen LogP contribution is 2.28. The van der Waals surface area contributed by atoms with E-state index in [0.717, 1.165) is 27.2 Å². The first-order chi connectivity index (χ1) is 9.69. The molecule has 1 aromatic heterocycles. The zero-order chi connectivity index (χ0) is 14.4. The van der Waals surface area contributed by atoms with Crippen LogP contribution in [0.25, 0.3) is 6.08 Å². The molecular weight excluding hydrogens is 292 g/mol. The minimum atomic E-state index is -0.942. The lowest BCUT2D eigenvalue weighted by Gasteiger charge is -2.08. The van der Waals surface area contributed by atoms with E-state index in [9.17, 15) is 4.79 Å². The van der Waals surface area contributed by atoms with Gasteiger partial charge in [-0.05, 0) is 41.5 Å². The van der Waals surface area contributed by atoms with Gasteiger partial charge in [0.05, 0.1) is 0 Å². The molecule has 3 nitrogen and oxygen atoms in total. The molecule has 20 heavy (non-hydrogen) atoms. The predicted octanol–water partition coefficient (Wildman–Crippen LogP) is 4.15. The van der Waals surface area contributed by atoms with E-state index in [2.05, 4.69) is 0 Å². The highest BCUT2D eigenvalue weighted by atomic mass is 32.2. The van der Waals surface area contributed by atoms with E-state index in [0.29, 0.717) is 6.61 Å². The second-order valence-electron chi connectivity index (χ2n) is 3.96. The molecule has 1 heterocycles.